The number of carbonyl (C=O) groups is 1. The summed E-state index contributed by atoms with van der Waals surface area (Å²) in [5.41, 5.74) is 2.93. The van der Waals surface area contributed by atoms with E-state index in [1.54, 1.807) is 16.8 Å². The van der Waals surface area contributed by atoms with E-state index in [0.29, 0.717) is 18.8 Å². The van der Waals surface area contributed by atoms with Crippen molar-refractivity contribution in [3.8, 4) is 0 Å². The average Bonchev–Trinajstić information content (AvgIpc) is 3.26. The summed E-state index contributed by atoms with van der Waals surface area (Å²) < 4.78 is 7.32. The van der Waals surface area contributed by atoms with Crippen molar-refractivity contribution in [3.05, 3.63) is 63.8 Å². The summed E-state index contributed by atoms with van der Waals surface area (Å²) in [6, 6.07) is 11.5. The lowest BCUT2D eigenvalue weighted by Crippen LogP contribution is -2.48. The molecule has 1 amide bonds. The number of likely N-dealkylation sites (tertiary alicyclic amines) is 1. The highest BCUT2D eigenvalue weighted by atomic mass is 16.3. The van der Waals surface area contributed by atoms with Gasteiger partial charge in [-0.1, -0.05) is 24.6 Å². The van der Waals surface area contributed by atoms with E-state index in [4.69, 9.17) is 4.42 Å². The minimum absolute atomic E-state index is 0.00241. The molecule has 0 bridgehead atoms. The van der Waals surface area contributed by atoms with Crippen LogP contribution in [0.1, 0.15) is 53.9 Å². The smallest absolute Gasteiger partial charge is 0.287 e. The summed E-state index contributed by atoms with van der Waals surface area (Å²) >= 11 is 0. The molecule has 1 N–H and O–H groups in total. The van der Waals surface area contributed by atoms with Crippen LogP contribution in [0.4, 0.5) is 0 Å². The second-order valence-corrected chi connectivity index (χ2v) is 8.93. The summed E-state index contributed by atoms with van der Waals surface area (Å²) in [6.45, 7) is 2.89. The number of carbonyl (C=O) groups excluding carboxylic acids is 1. The van der Waals surface area contributed by atoms with Crippen LogP contribution in [0.25, 0.3) is 11.0 Å². The predicted molar refractivity (Wildman–Crippen MR) is 123 cm³/mol. The van der Waals surface area contributed by atoms with Gasteiger partial charge in [-0.05, 0) is 62.8 Å². The monoisotopic (exact) mass is 434 g/mol. The molecule has 2 aromatic heterocycles. The maximum Gasteiger partial charge on any atom is 0.287 e. The summed E-state index contributed by atoms with van der Waals surface area (Å²) in [4.78, 5) is 27.5. The number of hydrogen-bond donors (Lipinski definition) is 1. The number of rotatable bonds is 6. The molecule has 1 fully saturated rings. The number of aryl methyl sites for hydroxylation is 2. The number of furan rings is 1. The Morgan fingerprint density at radius 1 is 1.09 bits per heavy atom. The summed E-state index contributed by atoms with van der Waals surface area (Å²) in [6.07, 6.45) is 7.56. The van der Waals surface area contributed by atoms with Crippen molar-refractivity contribution in [1.29, 1.82) is 0 Å². The van der Waals surface area contributed by atoms with Gasteiger partial charge in [0.2, 0.25) is 0 Å². The molecule has 0 saturated carbocycles. The molecule has 0 radical (unpaired) electrons. The maximum absolute atomic E-state index is 12.6. The molecule has 1 unspecified atom stereocenters. The topological polar surface area (TPSA) is 80.4 Å². The van der Waals surface area contributed by atoms with Gasteiger partial charge in [-0.25, -0.2) is 4.68 Å². The largest absolute Gasteiger partial charge is 0.451 e. The number of benzene rings is 1. The van der Waals surface area contributed by atoms with Gasteiger partial charge in [0.25, 0.3) is 11.5 Å². The van der Waals surface area contributed by atoms with Gasteiger partial charge in [-0.2, -0.15) is 5.10 Å². The molecule has 2 aliphatic rings. The Labute approximate surface area is 187 Å². The molecule has 3 heterocycles. The first-order valence-electron chi connectivity index (χ1n) is 11.8. The van der Waals surface area contributed by atoms with Crippen molar-refractivity contribution in [2.75, 3.05) is 19.6 Å². The fraction of sp³-hybridized carbons (Fsp3) is 0.480. The predicted octanol–water partition coefficient (Wildman–Crippen LogP) is 3.15. The van der Waals surface area contributed by atoms with Crippen LogP contribution in [0.3, 0.4) is 0 Å². The van der Waals surface area contributed by atoms with Crippen molar-refractivity contribution >= 4 is 16.9 Å². The third kappa shape index (κ3) is 4.48. The number of para-hydroxylation sites is 1. The van der Waals surface area contributed by atoms with E-state index in [1.807, 2.05) is 24.3 Å². The van der Waals surface area contributed by atoms with Gasteiger partial charge in [0.15, 0.2) is 5.76 Å². The van der Waals surface area contributed by atoms with Crippen LogP contribution in [0.2, 0.25) is 0 Å². The molecule has 1 aliphatic carbocycles. The van der Waals surface area contributed by atoms with E-state index >= 15 is 0 Å². The Hall–Kier alpha value is -2.93. The Kier molecular flexibility index (Phi) is 6.08. The highest BCUT2D eigenvalue weighted by molar-refractivity contribution is 5.96. The van der Waals surface area contributed by atoms with E-state index in [1.165, 1.54) is 0 Å². The molecular formula is C25H30N4O3. The van der Waals surface area contributed by atoms with Crippen molar-refractivity contribution in [2.24, 2.45) is 0 Å². The van der Waals surface area contributed by atoms with Crippen LogP contribution in [-0.2, 0) is 19.4 Å². The molecule has 3 aromatic rings. The molecule has 5 rings (SSSR count). The van der Waals surface area contributed by atoms with Gasteiger partial charge >= 0.3 is 0 Å². The number of amides is 1. The first-order chi connectivity index (χ1) is 15.7. The fourth-order valence-electron chi connectivity index (χ4n) is 4.96. The molecule has 1 aromatic carbocycles. The maximum atomic E-state index is 12.6. The van der Waals surface area contributed by atoms with Crippen molar-refractivity contribution in [3.63, 3.8) is 0 Å². The Morgan fingerprint density at radius 3 is 2.88 bits per heavy atom. The van der Waals surface area contributed by atoms with E-state index < -0.39 is 0 Å². The summed E-state index contributed by atoms with van der Waals surface area (Å²) in [7, 11) is 0. The lowest BCUT2D eigenvalue weighted by Gasteiger charge is -2.35. The van der Waals surface area contributed by atoms with E-state index in [0.717, 1.165) is 80.3 Å². The number of aromatic nitrogens is 2. The standard InChI is InChI=1S/C25H30N4O3/c30-24-16-18-7-1-3-10-21(18)27-29(24)14-13-28-12-6-5-9-20(28)17-26-25(31)23-15-19-8-2-4-11-22(19)32-23/h2,4,8,11,15-16,20H,1,3,5-7,9-10,12-14,17H2,(H,26,31). The molecule has 32 heavy (non-hydrogen) atoms. The molecular weight excluding hydrogens is 404 g/mol. The number of piperidine rings is 1. The molecule has 1 saturated heterocycles. The number of hydrogen-bond acceptors (Lipinski definition) is 5. The normalized spacial score (nSPS) is 19.1. The van der Waals surface area contributed by atoms with Crippen LogP contribution >= 0.6 is 0 Å². The first kappa shape index (κ1) is 20.9. The lowest BCUT2D eigenvalue weighted by atomic mass is 9.97. The Morgan fingerprint density at radius 2 is 1.97 bits per heavy atom. The molecule has 1 aliphatic heterocycles. The zero-order valence-electron chi connectivity index (χ0n) is 18.4. The van der Waals surface area contributed by atoms with Crippen molar-refractivity contribution in [1.82, 2.24) is 20.0 Å². The average molecular weight is 435 g/mol. The minimum atomic E-state index is -0.181. The lowest BCUT2D eigenvalue weighted by molar-refractivity contribution is 0.0884. The SMILES string of the molecule is O=C(NCC1CCCCN1CCn1nc2c(cc1=O)CCCC2)c1cc2ccccc2o1. The molecule has 7 nitrogen and oxygen atoms in total. The Balaban J connectivity index is 1.20. The van der Waals surface area contributed by atoms with E-state index in [-0.39, 0.29) is 17.5 Å². The zero-order chi connectivity index (χ0) is 21.9. The van der Waals surface area contributed by atoms with Gasteiger partial charge in [0.1, 0.15) is 5.58 Å². The molecule has 1 atom stereocenters. The van der Waals surface area contributed by atoms with E-state index in [2.05, 4.69) is 15.3 Å². The van der Waals surface area contributed by atoms with Gasteiger partial charge in [-0.3, -0.25) is 14.5 Å². The highest BCUT2D eigenvalue weighted by Crippen LogP contribution is 2.20. The number of fused-ring (bicyclic) bond motifs is 2. The third-order valence-corrected chi connectivity index (χ3v) is 6.77. The van der Waals surface area contributed by atoms with Crippen molar-refractivity contribution < 1.29 is 9.21 Å². The van der Waals surface area contributed by atoms with Crippen molar-refractivity contribution in [2.45, 2.75) is 57.5 Å². The van der Waals surface area contributed by atoms with Gasteiger partial charge in [-0.15, -0.1) is 0 Å². The second-order valence-electron chi connectivity index (χ2n) is 8.93. The quantitative estimate of drug-likeness (QED) is 0.645. The second kappa shape index (κ2) is 9.28. The fourth-order valence-corrected chi connectivity index (χ4v) is 4.96. The van der Waals surface area contributed by atoms with Gasteiger partial charge in [0, 0.05) is 30.6 Å². The minimum Gasteiger partial charge on any atom is -0.451 e. The van der Waals surface area contributed by atoms with E-state index in [9.17, 15) is 9.59 Å². The van der Waals surface area contributed by atoms with Gasteiger partial charge in [0.05, 0.1) is 12.2 Å². The molecule has 0 spiro atoms. The first-order valence-corrected chi connectivity index (χ1v) is 11.8. The summed E-state index contributed by atoms with van der Waals surface area (Å²) in [5, 5.41) is 8.63. The number of nitrogens with one attached hydrogen (secondary N) is 1. The summed E-state index contributed by atoms with van der Waals surface area (Å²) in [5.74, 6) is 0.165. The van der Waals surface area contributed by atoms with Gasteiger partial charge < -0.3 is 9.73 Å². The van der Waals surface area contributed by atoms with Crippen LogP contribution < -0.4 is 10.9 Å². The van der Waals surface area contributed by atoms with Crippen LogP contribution in [0.5, 0.6) is 0 Å². The van der Waals surface area contributed by atoms with Crippen LogP contribution in [-0.4, -0.2) is 46.3 Å². The van der Waals surface area contributed by atoms with Crippen LogP contribution in [0.15, 0.2) is 45.6 Å². The third-order valence-electron chi connectivity index (χ3n) is 6.77. The Bertz CT molecular complexity index is 1130. The van der Waals surface area contributed by atoms with Crippen LogP contribution in [0, 0.1) is 0 Å². The molecule has 168 valence electrons. The highest BCUT2D eigenvalue weighted by Gasteiger charge is 2.24. The zero-order valence-corrected chi connectivity index (χ0v) is 18.4. The number of nitrogens with zero attached hydrogens (tertiary/aromatic N) is 3. The molecule has 7 heteroatoms.